The third kappa shape index (κ3) is 37.5. The summed E-state index contributed by atoms with van der Waals surface area (Å²) in [6.07, 6.45) is 79.7. The minimum absolute atomic E-state index is 0.0652. The Bertz CT molecular complexity index is 2120. The SMILES string of the molecule is CCCCC=CC=COC[C@H]1O[C@@](COC=CC=CCCCC)(O[C@H]2O[C@H](COC=CC=CCCCC)[C@@H](OC=CC=CCCCC)[C@H](OC=CC=CCCCC)[C@H]2OC=CC=CCCCC)[C@@H](OC=CC=CCCCC)[C@@H]1OC=CC=CCCCC. The topological polar surface area (TPSA) is 102 Å². The number of unbranched alkanes of at least 4 members (excludes halogenated alkanes) is 16. The van der Waals surface area contributed by atoms with E-state index in [4.69, 9.17) is 52.1 Å². The maximum absolute atomic E-state index is 7.54. The van der Waals surface area contributed by atoms with Gasteiger partial charge < -0.3 is 52.1 Å². The van der Waals surface area contributed by atoms with Gasteiger partial charge in [-0.2, -0.15) is 0 Å². The van der Waals surface area contributed by atoms with Crippen LogP contribution in [0.4, 0.5) is 0 Å². The Morgan fingerprint density at radius 2 is 0.598 bits per heavy atom. The van der Waals surface area contributed by atoms with Crippen LogP contribution >= 0.6 is 0 Å². The molecule has 0 N–H and O–H groups in total. The summed E-state index contributed by atoms with van der Waals surface area (Å²) in [7, 11) is 0. The lowest BCUT2D eigenvalue weighted by atomic mass is 9.97. The molecule has 2 saturated heterocycles. The molecule has 0 aliphatic carbocycles. The third-order valence-electron chi connectivity index (χ3n) is 14.0. The second-order valence-corrected chi connectivity index (χ2v) is 21.8. The van der Waals surface area contributed by atoms with Crippen LogP contribution in [0.2, 0.25) is 0 Å². The first-order valence-corrected chi connectivity index (χ1v) is 33.7. The maximum atomic E-state index is 7.54. The predicted octanol–water partition coefficient (Wildman–Crippen LogP) is 20.9. The molecule has 87 heavy (non-hydrogen) atoms. The van der Waals surface area contributed by atoms with Crippen LogP contribution in [-0.2, 0) is 52.1 Å². The van der Waals surface area contributed by atoms with Crippen LogP contribution in [-0.4, -0.2) is 74.6 Å². The van der Waals surface area contributed by atoms with Crippen molar-refractivity contribution in [1.82, 2.24) is 0 Å². The van der Waals surface area contributed by atoms with Crippen LogP contribution in [0, 0.1) is 0 Å². The number of rotatable bonds is 53. The first kappa shape index (κ1) is 77.2. The van der Waals surface area contributed by atoms with E-state index in [2.05, 4.69) is 104 Å². The highest BCUT2D eigenvalue weighted by molar-refractivity contribution is 5.10. The van der Waals surface area contributed by atoms with Crippen LogP contribution in [0.25, 0.3) is 0 Å². The van der Waals surface area contributed by atoms with Crippen LogP contribution in [0.1, 0.15) is 209 Å². The molecule has 0 amide bonds. The van der Waals surface area contributed by atoms with E-state index in [1.165, 1.54) is 0 Å². The molecule has 2 heterocycles. The van der Waals surface area contributed by atoms with Crippen molar-refractivity contribution in [2.24, 2.45) is 0 Å². The van der Waals surface area contributed by atoms with Crippen molar-refractivity contribution in [3.05, 3.63) is 196 Å². The quantitative estimate of drug-likeness (QED) is 0.0331. The minimum atomic E-state index is -1.76. The Balaban J connectivity index is 3.11. The molecule has 0 aromatic carbocycles. The van der Waals surface area contributed by atoms with E-state index in [1.807, 2.05) is 97.2 Å². The Kier molecular flexibility index (Phi) is 50.3. The lowest BCUT2D eigenvalue weighted by molar-refractivity contribution is -0.384. The van der Waals surface area contributed by atoms with E-state index in [1.54, 1.807) is 50.1 Å². The molecular weight excluding hydrogens is 1090 g/mol. The second kappa shape index (κ2) is 56.6. The van der Waals surface area contributed by atoms with Gasteiger partial charge in [0.05, 0.1) is 50.1 Å². The molecule has 0 aromatic rings. The Morgan fingerprint density at radius 3 is 0.966 bits per heavy atom. The van der Waals surface area contributed by atoms with Crippen molar-refractivity contribution in [1.29, 1.82) is 0 Å². The lowest BCUT2D eigenvalue weighted by Gasteiger charge is -2.46. The highest BCUT2D eigenvalue weighted by Gasteiger charge is 2.63. The molecule has 0 saturated carbocycles. The zero-order valence-corrected chi connectivity index (χ0v) is 55.2. The Hall–Kier alpha value is -5.88. The van der Waals surface area contributed by atoms with Crippen molar-refractivity contribution >= 4 is 0 Å². The largest absolute Gasteiger partial charge is 0.498 e. The monoisotopic (exact) mass is 1210 g/mol. The minimum Gasteiger partial charge on any atom is -0.498 e. The van der Waals surface area contributed by atoms with Crippen molar-refractivity contribution in [3.63, 3.8) is 0 Å². The summed E-state index contributed by atoms with van der Waals surface area (Å²) in [6, 6.07) is 0. The van der Waals surface area contributed by atoms with Gasteiger partial charge in [-0.05, 0) is 100.0 Å². The summed E-state index contributed by atoms with van der Waals surface area (Å²) < 4.78 is 75.5. The standard InChI is InChI=1S/C76H118O11/c1-9-17-25-33-41-49-57-77-65-68-70(80-60-52-44-36-28-20-12-4)72(82-62-54-46-38-30-22-14-6)73(83-63-55-47-39-31-23-15-7)75(85-68)87-76(67-79-59-51-43-35-27-19-11-3)74(84-64-56-48-40-32-24-16-8)71(81-61-53-45-37-29-21-13-5)69(86-76)66-78-58-50-42-34-26-18-10-2/h33-64,68-75H,9-32,65-67H2,1-8H3/t68-,69-,70-,71-,72+,73-,74+,75-,76+/m1/s1. The maximum Gasteiger partial charge on any atom is 0.248 e. The van der Waals surface area contributed by atoms with Gasteiger partial charge in [0.15, 0.2) is 30.5 Å². The van der Waals surface area contributed by atoms with E-state index >= 15 is 0 Å². The zero-order valence-electron chi connectivity index (χ0n) is 55.2. The lowest BCUT2D eigenvalue weighted by Crippen LogP contribution is -2.64. The summed E-state index contributed by atoms with van der Waals surface area (Å²) in [5, 5.41) is 0. The molecule has 0 radical (unpaired) electrons. The van der Waals surface area contributed by atoms with Crippen LogP contribution in [0.15, 0.2) is 196 Å². The van der Waals surface area contributed by atoms with Gasteiger partial charge in [-0.1, -0.05) is 255 Å². The highest BCUT2D eigenvalue weighted by atomic mass is 16.8. The molecule has 2 fully saturated rings. The predicted molar refractivity (Wildman–Crippen MR) is 362 cm³/mol. The smallest absolute Gasteiger partial charge is 0.248 e. The molecule has 0 bridgehead atoms. The zero-order chi connectivity index (χ0) is 62.6. The van der Waals surface area contributed by atoms with Gasteiger partial charge in [0.2, 0.25) is 12.1 Å². The number of hydrogen-bond acceptors (Lipinski definition) is 11. The van der Waals surface area contributed by atoms with Crippen molar-refractivity contribution in [3.8, 4) is 0 Å². The average Bonchev–Trinajstić information content (AvgIpc) is 1.96. The molecule has 9 atom stereocenters. The second-order valence-electron chi connectivity index (χ2n) is 21.8. The van der Waals surface area contributed by atoms with Gasteiger partial charge in [0, 0.05) is 0 Å². The summed E-state index contributed by atoms with van der Waals surface area (Å²) in [5.74, 6) is -1.76. The molecule has 2 aliphatic rings. The van der Waals surface area contributed by atoms with Crippen molar-refractivity contribution in [2.75, 3.05) is 19.8 Å². The molecule has 2 aliphatic heterocycles. The van der Waals surface area contributed by atoms with Crippen LogP contribution in [0.3, 0.4) is 0 Å². The van der Waals surface area contributed by atoms with Gasteiger partial charge in [0.1, 0.15) is 32.0 Å². The van der Waals surface area contributed by atoms with E-state index in [9.17, 15) is 0 Å². The molecule has 488 valence electrons. The Morgan fingerprint density at radius 1 is 0.299 bits per heavy atom. The van der Waals surface area contributed by atoms with E-state index in [0.29, 0.717) is 0 Å². The van der Waals surface area contributed by atoms with Crippen molar-refractivity contribution in [2.45, 2.75) is 264 Å². The summed E-state index contributed by atoms with van der Waals surface area (Å²) >= 11 is 0. The molecule has 0 unspecified atom stereocenters. The molecule has 0 spiro atoms. The normalized spacial score (nSPS) is 23.4. The van der Waals surface area contributed by atoms with E-state index in [0.717, 1.165) is 154 Å². The number of allylic oxidation sites excluding steroid dienone is 24. The molecule has 0 aromatic heterocycles. The number of ether oxygens (including phenoxy) is 11. The van der Waals surface area contributed by atoms with Gasteiger partial charge in [-0.3, -0.25) is 0 Å². The fourth-order valence-corrected chi connectivity index (χ4v) is 8.96. The summed E-state index contributed by atoms with van der Waals surface area (Å²) in [4.78, 5) is 0. The third-order valence-corrected chi connectivity index (χ3v) is 14.0. The van der Waals surface area contributed by atoms with E-state index < -0.39 is 54.8 Å². The van der Waals surface area contributed by atoms with E-state index in [-0.39, 0.29) is 19.8 Å². The van der Waals surface area contributed by atoms with Crippen LogP contribution < -0.4 is 0 Å². The fourth-order valence-electron chi connectivity index (χ4n) is 8.96. The van der Waals surface area contributed by atoms with Gasteiger partial charge in [0.25, 0.3) is 0 Å². The van der Waals surface area contributed by atoms with Crippen molar-refractivity contribution < 1.29 is 52.1 Å². The fraction of sp³-hybridized carbons (Fsp3) is 0.579. The molecule has 11 nitrogen and oxygen atoms in total. The molecule has 2 rings (SSSR count). The summed E-state index contributed by atoms with van der Waals surface area (Å²) in [6.45, 7) is 17.5. The number of hydrogen-bond donors (Lipinski definition) is 0. The van der Waals surface area contributed by atoms with Crippen LogP contribution in [0.5, 0.6) is 0 Å². The first-order chi connectivity index (χ1) is 43.0. The molecular formula is C76H118O11. The first-order valence-electron chi connectivity index (χ1n) is 33.7. The average molecular weight is 1210 g/mol. The molecule has 11 heteroatoms. The van der Waals surface area contributed by atoms with Gasteiger partial charge >= 0.3 is 0 Å². The highest BCUT2D eigenvalue weighted by Crippen LogP contribution is 2.42. The summed E-state index contributed by atoms with van der Waals surface area (Å²) in [5.41, 5.74) is 0. The Labute approximate surface area is 529 Å². The van der Waals surface area contributed by atoms with Gasteiger partial charge in [-0.15, -0.1) is 0 Å². The van der Waals surface area contributed by atoms with Gasteiger partial charge in [-0.25, -0.2) is 0 Å².